The molecule has 0 spiro atoms. The van der Waals surface area contributed by atoms with Crippen LogP contribution in [0, 0.1) is 17.5 Å². The van der Waals surface area contributed by atoms with E-state index in [0.29, 0.717) is 11.6 Å². The van der Waals surface area contributed by atoms with Crippen molar-refractivity contribution >= 4 is 0 Å². The van der Waals surface area contributed by atoms with Gasteiger partial charge in [-0.1, -0.05) is 5.16 Å². The molecular formula is C13H7F3N2O. The summed E-state index contributed by atoms with van der Waals surface area (Å²) < 4.78 is 45.2. The number of nitrogens with one attached hydrogen (secondary N) is 1. The Kier molecular flexibility index (Phi) is 2.63. The average molecular weight is 264 g/mol. The molecule has 0 unspecified atom stereocenters. The molecule has 0 aliphatic rings. The molecule has 0 fully saturated rings. The van der Waals surface area contributed by atoms with Crippen LogP contribution < -0.4 is 0 Å². The van der Waals surface area contributed by atoms with E-state index in [0.717, 1.165) is 6.07 Å². The summed E-state index contributed by atoms with van der Waals surface area (Å²) in [6.45, 7) is 0. The molecule has 6 heteroatoms. The van der Waals surface area contributed by atoms with E-state index >= 15 is 0 Å². The van der Waals surface area contributed by atoms with Crippen LogP contribution in [-0.4, -0.2) is 10.1 Å². The van der Waals surface area contributed by atoms with E-state index in [-0.39, 0.29) is 16.9 Å². The number of rotatable bonds is 2. The van der Waals surface area contributed by atoms with Crippen molar-refractivity contribution < 1.29 is 17.7 Å². The van der Waals surface area contributed by atoms with Crippen molar-refractivity contribution in [2.75, 3.05) is 0 Å². The third kappa shape index (κ3) is 1.91. The first-order valence-corrected chi connectivity index (χ1v) is 5.39. The predicted octanol–water partition coefficient (Wildman–Crippen LogP) is 3.75. The molecule has 3 rings (SSSR count). The number of benzene rings is 1. The maximum absolute atomic E-state index is 13.7. The second kappa shape index (κ2) is 4.31. The number of hydrogen-bond acceptors (Lipinski definition) is 2. The summed E-state index contributed by atoms with van der Waals surface area (Å²) >= 11 is 0. The van der Waals surface area contributed by atoms with Gasteiger partial charge in [0.1, 0.15) is 5.82 Å². The smallest absolute Gasteiger partial charge is 0.176 e. The lowest BCUT2D eigenvalue weighted by atomic mass is 10.0. The molecule has 19 heavy (non-hydrogen) atoms. The van der Waals surface area contributed by atoms with Gasteiger partial charge in [0, 0.05) is 29.6 Å². The van der Waals surface area contributed by atoms with Crippen LogP contribution in [0.25, 0.3) is 22.5 Å². The topological polar surface area (TPSA) is 41.8 Å². The lowest BCUT2D eigenvalue weighted by Gasteiger charge is -2.03. The van der Waals surface area contributed by atoms with Crippen LogP contribution in [0.4, 0.5) is 13.2 Å². The fourth-order valence-electron chi connectivity index (χ4n) is 1.86. The number of aromatic nitrogens is 2. The molecule has 0 radical (unpaired) electrons. The lowest BCUT2D eigenvalue weighted by molar-refractivity contribution is 0.432. The quantitative estimate of drug-likeness (QED) is 0.716. The third-order valence-corrected chi connectivity index (χ3v) is 2.71. The summed E-state index contributed by atoms with van der Waals surface area (Å²) in [5.41, 5.74) is 0.571. The molecule has 0 aliphatic carbocycles. The van der Waals surface area contributed by atoms with Crippen LogP contribution in [0.3, 0.4) is 0 Å². The molecule has 0 amide bonds. The summed E-state index contributed by atoms with van der Waals surface area (Å²) in [5.74, 6) is -3.02. The van der Waals surface area contributed by atoms with Crippen molar-refractivity contribution in [2.45, 2.75) is 0 Å². The minimum atomic E-state index is -1.25. The molecule has 2 aromatic heterocycles. The van der Waals surface area contributed by atoms with E-state index in [1.54, 1.807) is 18.5 Å². The molecule has 0 aliphatic heterocycles. The number of aromatic amines is 1. The minimum absolute atomic E-state index is 0.190. The second-order valence-corrected chi connectivity index (χ2v) is 3.92. The zero-order chi connectivity index (χ0) is 13.4. The first kappa shape index (κ1) is 11.6. The van der Waals surface area contributed by atoms with Crippen molar-refractivity contribution in [1.29, 1.82) is 0 Å². The molecule has 2 heterocycles. The molecular weight excluding hydrogens is 257 g/mol. The zero-order valence-corrected chi connectivity index (χ0v) is 9.45. The van der Waals surface area contributed by atoms with Crippen molar-refractivity contribution in [3.05, 3.63) is 54.2 Å². The van der Waals surface area contributed by atoms with Crippen LogP contribution in [0.5, 0.6) is 0 Å². The highest BCUT2D eigenvalue weighted by atomic mass is 19.2. The van der Waals surface area contributed by atoms with Gasteiger partial charge in [-0.3, -0.25) is 0 Å². The normalized spacial score (nSPS) is 10.9. The van der Waals surface area contributed by atoms with E-state index in [4.69, 9.17) is 4.52 Å². The number of H-pyrrole nitrogens is 1. The highest BCUT2D eigenvalue weighted by molar-refractivity contribution is 5.79. The van der Waals surface area contributed by atoms with E-state index in [1.165, 1.54) is 6.20 Å². The Morgan fingerprint density at radius 1 is 1.11 bits per heavy atom. The molecule has 1 aromatic carbocycles. The summed E-state index contributed by atoms with van der Waals surface area (Å²) in [6, 6.07) is 3.07. The Bertz CT molecular complexity index is 720. The number of hydrogen-bond donors (Lipinski definition) is 1. The highest BCUT2D eigenvalue weighted by Gasteiger charge is 2.19. The predicted molar refractivity (Wildman–Crippen MR) is 61.6 cm³/mol. The van der Waals surface area contributed by atoms with Gasteiger partial charge >= 0.3 is 0 Å². The van der Waals surface area contributed by atoms with Gasteiger partial charge in [-0.25, -0.2) is 13.2 Å². The Labute approximate surface area is 105 Å². The minimum Gasteiger partial charge on any atom is -0.367 e. The first-order chi connectivity index (χ1) is 9.16. The summed E-state index contributed by atoms with van der Waals surface area (Å²) in [4.78, 5) is 2.80. The highest BCUT2D eigenvalue weighted by Crippen LogP contribution is 2.34. The maximum Gasteiger partial charge on any atom is 0.176 e. The van der Waals surface area contributed by atoms with E-state index < -0.39 is 17.5 Å². The van der Waals surface area contributed by atoms with Gasteiger partial charge in [0.05, 0.1) is 11.8 Å². The van der Waals surface area contributed by atoms with Crippen LogP contribution in [-0.2, 0) is 0 Å². The number of halogens is 3. The standard InChI is InChI=1S/C13H7F3N2O/c14-8-3-9(12(16)11(15)4-8)10-6-18-19-13(10)7-1-2-17-5-7/h1-6,17H. The molecule has 0 saturated heterocycles. The Hall–Kier alpha value is -2.50. The van der Waals surface area contributed by atoms with Crippen molar-refractivity contribution in [2.24, 2.45) is 0 Å². The Balaban J connectivity index is 2.22. The van der Waals surface area contributed by atoms with E-state index in [1.807, 2.05) is 0 Å². The monoisotopic (exact) mass is 264 g/mol. The van der Waals surface area contributed by atoms with Crippen molar-refractivity contribution in [1.82, 2.24) is 10.1 Å². The largest absolute Gasteiger partial charge is 0.367 e. The van der Waals surface area contributed by atoms with E-state index in [9.17, 15) is 13.2 Å². The van der Waals surface area contributed by atoms with Crippen LogP contribution in [0.1, 0.15) is 0 Å². The maximum atomic E-state index is 13.7. The fourth-order valence-corrected chi connectivity index (χ4v) is 1.86. The first-order valence-electron chi connectivity index (χ1n) is 5.39. The van der Waals surface area contributed by atoms with Crippen LogP contribution >= 0.6 is 0 Å². The van der Waals surface area contributed by atoms with Gasteiger partial charge in [-0.15, -0.1) is 0 Å². The summed E-state index contributed by atoms with van der Waals surface area (Å²) in [6.07, 6.45) is 4.47. The summed E-state index contributed by atoms with van der Waals surface area (Å²) in [5, 5.41) is 3.55. The van der Waals surface area contributed by atoms with Gasteiger partial charge in [-0.05, 0) is 12.1 Å². The van der Waals surface area contributed by atoms with Gasteiger partial charge in [-0.2, -0.15) is 0 Å². The van der Waals surface area contributed by atoms with Crippen LogP contribution in [0.2, 0.25) is 0 Å². The zero-order valence-electron chi connectivity index (χ0n) is 9.45. The number of nitrogens with zero attached hydrogens (tertiary/aromatic N) is 1. The van der Waals surface area contributed by atoms with Crippen molar-refractivity contribution in [3.8, 4) is 22.5 Å². The van der Waals surface area contributed by atoms with Gasteiger partial charge in [0.2, 0.25) is 0 Å². The van der Waals surface area contributed by atoms with Gasteiger partial charge in [0.25, 0.3) is 0 Å². The Morgan fingerprint density at radius 2 is 1.95 bits per heavy atom. The Morgan fingerprint density at radius 3 is 2.68 bits per heavy atom. The second-order valence-electron chi connectivity index (χ2n) is 3.92. The fraction of sp³-hybridized carbons (Fsp3) is 0. The SMILES string of the molecule is Fc1cc(F)c(F)c(-c2cnoc2-c2cc[nH]c2)c1. The molecule has 3 aromatic rings. The average Bonchev–Trinajstić information content (AvgIpc) is 3.02. The molecule has 1 N–H and O–H groups in total. The molecule has 0 saturated carbocycles. The van der Waals surface area contributed by atoms with E-state index in [2.05, 4.69) is 10.1 Å². The molecule has 0 atom stereocenters. The molecule has 0 bridgehead atoms. The van der Waals surface area contributed by atoms with Crippen molar-refractivity contribution in [3.63, 3.8) is 0 Å². The third-order valence-electron chi connectivity index (χ3n) is 2.71. The van der Waals surface area contributed by atoms with Crippen LogP contribution in [0.15, 0.2) is 41.3 Å². The molecule has 3 nitrogen and oxygen atoms in total. The summed E-state index contributed by atoms with van der Waals surface area (Å²) in [7, 11) is 0. The van der Waals surface area contributed by atoms with Gasteiger partial charge in [0.15, 0.2) is 17.4 Å². The lowest BCUT2D eigenvalue weighted by Crippen LogP contribution is -1.92. The molecule has 96 valence electrons. The van der Waals surface area contributed by atoms with Gasteiger partial charge < -0.3 is 9.51 Å².